The molecule has 0 atom stereocenters. The predicted octanol–water partition coefficient (Wildman–Crippen LogP) is 1.48. The van der Waals surface area contributed by atoms with Gasteiger partial charge in [-0.05, 0) is 12.5 Å². The van der Waals surface area contributed by atoms with Crippen molar-refractivity contribution in [3.63, 3.8) is 0 Å². The third kappa shape index (κ3) is 4.99. The largest absolute Gasteiger partial charge is 0.349 e. The van der Waals surface area contributed by atoms with Gasteiger partial charge in [-0.1, -0.05) is 26.2 Å². The second kappa shape index (κ2) is 7.47. The van der Waals surface area contributed by atoms with Gasteiger partial charge in [0.2, 0.25) is 0 Å². The molecule has 2 N–H and O–H groups in total. The minimum Gasteiger partial charge on any atom is -0.338 e. The molecule has 18 heavy (non-hydrogen) atoms. The summed E-state index contributed by atoms with van der Waals surface area (Å²) in [5.41, 5.74) is -0.393. The number of anilines is 1. The molecular weight excluding hydrogens is 232 g/mol. The molecule has 6 heteroatoms. The first-order valence-corrected chi connectivity index (χ1v) is 6.22. The number of unbranched alkanes of at least 4 members (excludes halogenated alkanes) is 3. The lowest BCUT2D eigenvalue weighted by atomic mass is 10.2. The summed E-state index contributed by atoms with van der Waals surface area (Å²) in [6.07, 6.45) is 5.99. The average molecular weight is 252 g/mol. The lowest BCUT2D eigenvalue weighted by molar-refractivity contribution is 0.252. The minimum absolute atomic E-state index is 0.268. The van der Waals surface area contributed by atoms with Crippen LogP contribution in [-0.2, 0) is 7.05 Å². The van der Waals surface area contributed by atoms with Crippen molar-refractivity contribution in [2.45, 2.75) is 32.6 Å². The van der Waals surface area contributed by atoms with E-state index in [1.807, 2.05) is 0 Å². The lowest BCUT2D eigenvalue weighted by Gasteiger charge is -2.06. The second-order valence-electron chi connectivity index (χ2n) is 4.15. The van der Waals surface area contributed by atoms with Crippen LogP contribution in [0, 0.1) is 0 Å². The van der Waals surface area contributed by atoms with Crippen molar-refractivity contribution in [1.29, 1.82) is 0 Å². The van der Waals surface area contributed by atoms with E-state index in [2.05, 4.69) is 22.5 Å². The lowest BCUT2D eigenvalue weighted by Crippen LogP contribution is -2.31. The molecule has 100 valence electrons. The number of hydrogen-bond donors (Lipinski definition) is 2. The number of nitrogens with one attached hydrogen (secondary N) is 2. The summed E-state index contributed by atoms with van der Waals surface area (Å²) in [7, 11) is 1.60. The van der Waals surface area contributed by atoms with Crippen LogP contribution in [-0.4, -0.2) is 22.1 Å². The first-order chi connectivity index (χ1) is 8.63. The van der Waals surface area contributed by atoms with Crippen LogP contribution < -0.4 is 16.3 Å². The third-order valence-corrected chi connectivity index (χ3v) is 2.53. The Kier molecular flexibility index (Phi) is 5.90. The van der Waals surface area contributed by atoms with Crippen LogP contribution in [0.15, 0.2) is 17.1 Å². The molecule has 0 aromatic carbocycles. The van der Waals surface area contributed by atoms with Crippen LogP contribution in [0.2, 0.25) is 0 Å². The molecule has 0 saturated heterocycles. The Balaban J connectivity index is 2.31. The van der Waals surface area contributed by atoms with Gasteiger partial charge < -0.3 is 9.88 Å². The zero-order chi connectivity index (χ0) is 13.4. The van der Waals surface area contributed by atoms with Gasteiger partial charge in [0.15, 0.2) is 0 Å². The molecule has 1 heterocycles. The molecule has 1 rings (SSSR count). The molecule has 2 amide bonds. The maximum absolute atomic E-state index is 11.5. The van der Waals surface area contributed by atoms with Crippen LogP contribution in [0.4, 0.5) is 10.6 Å². The van der Waals surface area contributed by atoms with E-state index in [9.17, 15) is 9.59 Å². The van der Waals surface area contributed by atoms with Crippen molar-refractivity contribution >= 4 is 11.8 Å². The molecule has 0 saturated carbocycles. The van der Waals surface area contributed by atoms with Gasteiger partial charge in [0.25, 0.3) is 0 Å². The van der Waals surface area contributed by atoms with Crippen molar-refractivity contribution in [3.05, 3.63) is 22.7 Å². The zero-order valence-electron chi connectivity index (χ0n) is 10.9. The number of urea groups is 1. The minimum atomic E-state index is -0.393. The molecule has 0 aliphatic carbocycles. The monoisotopic (exact) mass is 252 g/mol. The summed E-state index contributed by atoms with van der Waals surface area (Å²) in [5, 5.41) is 5.25. The van der Waals surface area contributed by atoms with Crippen molar-refractivity contribution in [1.82, 2.24) is 14.9 Å². The van der Waals surface area contributed by atoms with Gasteiger partial charge in [-0.15, -0.1) is 0 Å². The number of hydrogen-bond acceptors (Lipinski definition) is 3. The van der Waals surface area contributed by atoms with Crippen LogP contribution in [0.3, 0.4) is 0 Å². The van der Waals surface area contributed by atoms with Crippen molar-refractivity contribution in [2.24, 2.45) is 7.05 Å². The Hall–Kier alpha value is -1.85. The summed E-state index contributed by atoms with van der Waals surface area (Å²) in [6, 6.07) is 1.25. The molecule has 1 aromatic rings. The molecule has 6 nitrogen and oxygen atoms in total. The Bertz CT molecular complexity index is 442. The van der Waals surface area contributed by atoms with E-state index in [0.29, 0.717) is 6.54 Å². The number of carbonyl (C=O) groups excluding carboxylic acids is 1. The number of amides is 2. The number of rotatable bonds is 6. The van der Waals surface area contributed by atoms with Gasteiger partial charge >= 0.3 is 11.7 Å². The molecule has 0 radical (unpaired) electrons. The van der Waals surface area contributed by atoms with Gasteiger partial charge in [0, 0.05) is 19.8 Å². The van der Waals surface area contributed by atoms with Crippen molar-refractivity contribution in [2.75, 3.05) is 11.9 Å². The van der Waals surface area contributed by atoms with E-state index in [1.54, 1.807) is 19.3 Å². The van der Waals surface area contributed by atoms with Crippen LogP contribution in [0.1, 0.15) is 32.6 Å². The van der Waals surface area contributed by atoms with E-state index < -0.39 is 5.69 Å². The number of carbonyl (C=O) groups is 1. The highest BCUT2D eigenvalue weighted by atomic mass is 16.2. The Morgan fingerprint density at radius 1 is 1.39 bits per heavy atom. The molecule has 0 bridgehead atoms. The fourth-order valence-corrected chi connectivity index (χ4v) is 1.45. The zero-order valence-corrected chi connectivity index (χ0v) is 10.9. The molecule has 0 spiro atoms. The quantitative estimate of drug-likeness (QED) is 0.753. The van der Waals surface area contributed by atoms with Gasteiger partial charge in [-0.2, -0.15) is 4.98 Å². The summed E-state index contributed by atoms with van der Waals surface area (Å²) < 4.78 is 1.34. The fourth-order valence-electron chi connectivity index (χ4n) is 1.45. The van der Waals surface area contributed by atoms with Crippen LogP contribution >= 0.6 is 0 Å². The maximum Gasteiger partial charge on any atom is 0.349 e. The Morgan fingerprint density at radius 3 is 2.83 bits per heavy atom. The molecule has 0 aliphatic rings. The highest BCUT2D eigenvalue weighted by Gasteiger charge is 2.02. The van der Waals surface area contributed by atoms with Crippen molar-refractivity contribution < 1.29 is 4.79 Å². The predicted molar refractivity (Wildman–Crippen MR) is 70.6 cm³/mol. The van der Waals surface area contributed by atoms with Gasteiger partial charge in [0.1, 0.15) is 5.82 Å². The fraction of sp³-hybridized carbons (Fsp3) is 0.583. The molecule has 0 aliphatic heterocycles. The van der Waals surface area contributed by atoms with E-state index in [0.717, 1.165) is 12.8 Å². The smallest absolute Gasteiger partial charge is 0.338 e. The first-order valence-electron chi connectivity index (χ1n) is 6.22. The van der Waals surface area contributed by atoms with Crippen LogP contribution in [0.25, 0.3) is 0 Å². The number of aromatic nitrogens is 2. The van der Waals surface area contributed by atoms with E-state index in [4.69, 9.17) is 0 Å². The average Bonchev–Trinajstić information content (AvgIpc) is 2.34. The number of nitrogens with zero attached hydrogens (tertiary/aromatic N) is 2. The second-order valence-corrected chi connectivity index (χ2v) is 4.15. The summed E-state index contributed by atoms with van der Waals surface area (Å²) in [4.78, 5) is 26.4. The topological polar surface area (TPSA) is 76.0 Å². The normalized spacial score (nSPS) is 10.1. The third-order valence-electron chi connectivity index (χ3n) is 2.53. The first kappa shape index (κ1) is 14.2. The van der Waals surface area contributed by atoms with Crippen LogP contribution in [0.5, 0.6) is 0 Å². The molecular formula is C12H20N4O2. The van der Waals surface area contributed by atoms with Gasteiger partial charge in [-0.25, -0.2) is 9.59 Å². The van der Waals surface area contributed by atoms with Crippen molar-refractivity contribution in [3.8, 4) is 0 Å². The standard InChI is InChI=1S/C12H20N4O2/c1-3-4-5-6-8-13-11(17)14-10-7-9-16(2)12(18)15-10/h7,9H,3-6,8H2,1-2H3,(H2,13,14,15,17,18). The molecule has 1 aromatic heterocycles. The van der Waals surface area contributed by atoms with E-state index in [1.165, 1.54) is 17.4 Å². The SMILES string of the molecule is CCCCCCNC(=O)Nc1ccn(C)c(=O)n1. The summed E-state index contributed by atoms with van der Waals surface area (Å²) >= 11 is 0. The highest BCUT2D eigenvalue weighted by molar-refractivity contribution is 5.87. The highest BCUT2D eigenvalue weighted by Crippen LogP contribution is 1.98. The van der Waals surface area contributed by atoms with E-state index >= 15 is 0 Å². The van der Waals surface area contributed by atoms with Gasteiger partial charge in [-0.3, -0.25) is 5.32 Å². The number of aryl methyl sites for hydroxylation is 1. The van der Waals surface area contributed by atoms with Gasteiger partial charge in [0.05, 0.1) is 0 Å². The summed E-state index contributed by atoms with van der Waals surface area (Å²) in [5.74, 6) is 0.268. The Morgan fingerprint density at radius 2 is 2.17 bits per heavy atom. The molecule has 0 unspecified atom stereocenters. The Labute approximate surface area is 106 Å². The summed E-state index contributed by atoms with van der Waals surface area (Å²) in [6.45, 7) is 2.78. The van der Waals surface area contributed by atoms with E-state index in [-0.39, 0.29) is 11.8 Å². The maximum atomic E-state index is 11.5. The molecule has 0 fully saturated rings.